The fourth-order valence-corrected chi connectivity index (χ4v) is 3.06. The molecule has 0 atom stereocenters. The van der Waals surface area contributed by atoms with Gasteiger partial charge in [-0.05, 0) is 30.7 Å². The zero-order valence-corrected chi connectivity index (χ0v) is 15.8. The predicted octanol–water partition coefficient (Wildman–Crippen LogP) is 3.46. The highest BCUT2D eigenvalue weighted by Gasteiger charge is 2.29. The number of pyridine rings is 1. The molecule has 0 radical (unpaired) electrons. The third-order valence-corrected chi connectivity index (χ3v) is 4.57. The van der Waals surface area contributed by atoms with Crippen molar-refractivity contribution < 1.29 is 18.7 Å². The second kappa shape index (κ2) is 7.70. The first-order chi connectivity index (χ1) is 14.1. The molecule has 3 aromatic rings. The first-order valence-corrected chi connectivity index (χ1v) is 8.86. The van der Waals surface area contributed by atoms with Gasteiger partial charge in [-0.2, -0.15) is 0 Å². The van der Waals surface area contributed by atoms with E-state index in [0.29, 0.717) is 28.7 Å². The van der Waals surface area contributed by atoms with Crippen LogP contribution in [0.3, 0.4) is 0 Å². The van der Waals surface area contributed by atoms with E-state index in [0.717, 1.165) is 5.56 Å². The van der Waals surface area contributed by atoms with Crippen LogP contribution in [0.5, 0.6) is 11.6 Å². The average molecular weight is 395 g/mol. The molecule has 0 aliphatic carbocycles. The number of rotatable bonds is 5. The maximum Gasteiger partial charge on any atom is 0.327 e. The standard InChI is InChI=1S/C20H18FN5O3/c1-12-5-6-13(29-10-16-15(21)4-3-7-22-16)8-17(12)26-9-14-18(25-20(26)27)23-11-24-19(14)28-2/h3-8,11H,9-10H2,1-2H3,(H,23,24,25,27). The number of carbonyl (C=O) groups is 1. The fraction of sp³-hybridized carbons (Fsp3) is 0.200. The molecule has 9 heteroatoms. The molecule has 1 aliphatic rings. The summed E-state index contributed by atoms with van der Waals surface area (Å²) in [5, 5.41) is 2.75. The summed E-state index contributed by atoms with van der Waals surface area (Å²) in [5.74, 6) is 0.883. The van der Waals surface area contributed by atoms with Crippen LogP contribution in [0.1, 0.15) is 16.8 Å². The Bertz CT molecular complexity index is 1080. The van der Waals surface area contributed by atoms with E-state index in [1.54, 1.807) is 17.0 Å². The number of halogens is 1. The van der Waals surface area contributed by atoms with E-state index in [-0.39, 0.29) is 24.9 Å². The molecule has 2 aromatic heterocycles. The lowest BCUT2D eigenvalue weighted by molar-refractivity contribution is 0.255. The number of urea groups is 1. The van der Waals surface area contributed by atoms with E-state index >= 15 is 0 Å². The van der Waals surface area contributed by atoms with Crippen molar-refractivity contribution in [2.24, 2.45) is 0 Å². The quantitative estimate of drug-likeness (QED) is 0.712. The number of hydrogen-bond acceptors (Lipinski definition) is 6. The number of aromatic nitrogens is 3. The Hall–Kier alpha value is -3.75. The largest absolute Gasteiger partial charge is 0.487 e. The molecule has 0 saturated heterocycles. The zero-order valence-electron chi connectivity index (χ0n) is 15.8. The van der Waals surface area contributed by atoms with Gasteiger partial charge in [-0.3, -0.25) is 15.2 Å². The van der Waals surface area contributed by atoms with Crippen molar-refractivity contribution in [1.29, 1.82) is 0 Å². The minimum absolute atomic E-state index is 0.0220. The van der Waals surface area contributed by atoms with Crippen LogP contribution in [-0.2, 0) is 13.2 Å². The maximum atomic E-state index is 13.8. The summed E-state index contributed by atoms with van der Waals surface area (Å²) in [6.07, 6.45) is 2.84. The number of hydrogen-bond donors (Lipinski definition) is 1. The Morgan fingerprint density at radius 3 is 2.90 bits per heavy atom. The maximum absolute atomic E-state index is 13.8. The van der Waals surface area contributed by atoms with E-state index in [4.69, 9.17) is 9.47 Å². The fourth-order valence-electron chi connectivity index (χ4n) is 3.06. The molecule has 1 aliphatic heterocycles. The number of carbonyl (C=O) groups excluding carboxylic acids is 1. The minimum atomic E-state index is -0.432. The van der Waals surface area contributed by atoms with Gasteiger partial charge in [-0.1, -0.05) is 6.07 Å². The number of nitrogens with one attached hydrogen (secondary N) is 1. The van der Waals surface area contributed by atoms with Crippen LogP contribution in [0.2, 0.25) is 0 Å². The smallest absolute Gasteiger partial charge is 0.327 e. The normalized spacial score (nSPS) is 12.9. The molecule has 0 spiro atoms. The minimum Gasteiger partial charge on any atom is -0.487 e. The Balaban J connectivity index is 1.60. The molecule has 148 valence electrons. The molecule has 0 unspecified atom stereocenters. The molecule has 1 aromatic carbocycles. The summed E-state index contributed by atoms with van der Waals surface area (Å²) in [4.78, 5) is 26.4. The summed E-state index contributed by atoms with van der Waals surface area (Å²) in [6.45, 7) is 2.11. The van der Waals surface area contributed by atoms with Crippen LogP contribution >= 0.6 is 0 Å². The Kier molecular flexibility index (Phi) is 4.94. The highest BCUT2D eigenvalue weighted by molar-refractivity contribution is 6.04. The molecule has 2 amide bonds. The molecular formula is C20H18FN5O3. The van der Waals surface area contributed by atoms with Crippen molar-refractivity contribution in [2.45, 2.75) is 20.1 Å². The monoisotopic (exact) mass is 395 g/mol. The van der Waals surface area contributed by atoms with Crippen molar-refractivity contribution >= 4 is 17.5 Å². The molecule has 0 fully saturated rings. The SMILES string of the molecule is COc1ncnc2c1CN(c1cc(OCc3ncccc3F)ccc1C)C(=O)N2. The summed E-state index contributed by atoms with van der Waals surface area (Å²) in [6, 6.07) is 7.86. The summed E-state index contributed by atoms with van der Waals surface area (Å²) in [5.41, 5.74) is 2.41. The van der Waals surface area contributed by atoms with E-state index in [2.05, 4.69) is 20.3 Å². The summed E-state index contributed by atoms with van der Waals surface area (Å²) >= 11 is 0. The number of methoxy groups -OCH3 is 1. The van der Waals surface area contributed by atoms with E-state index in [9.17, 15) is 9.18 Å². The second-order valence-electron chi connectivity index (χ2n) is 6.40. The second-order valence-corrected chi connectivity index (χ2v) is 6.40. The van der Waals surface area contributed by atoms with Gasteiger partial charge in [0.25, 0.3) is 0 Å². The summed E-state index contributed by atoms with van der Waals surface area (Å²) in [7, 11) is 1.51. The molecular weight excluding hydrogens is 377 g/mol. The number of aryl methyl sites for hydroxylation is 1. The molecule has 4 rings (SSSR count). The number of fused-ring (bicyclic) bond motifs is 1. The van der Waals surface area contributed by atoms with Crippen molar-refractivity contribution in [3.05, 3.63) is 65.5 Å². The van der Waals surface area contributed by atoms with Crippen molar-refractivity contribution in [3.63, 3.8) is 0 Å². The van der Waals surface area contributed by atoms with Gasteiger partial charge in [-0.15, -0.1) is 0 Å². The highest BCUT2D eigenvalue weighted by Crippen LogP contribution is 2.34. The lowest BCUT2D eigenvalue weighted by Crippen LogP contribution is -2.39. The van der Waals surface area contributed by atoms with Crippen molar-refractivity contribution in [1.82, 2.24) is 15.0 Å². The van der Waals surface area contributed by atoms with Crippen molar-refractivity contribution in [2.75, 3.05) is 17.3 Å². The number of ether oxygens (including phenoxy) is 2. The van der Waals surface area contributed by atoms with Gasteiger partial charge in [0.2, 0.25) is 5.88 Å². The number of nitrogens with zero attached hydrogens (tertiary/aromatic N) is 4. The molecule has 0 saturated carbocycles. The topological polar surface area (TPSA) is 89.5 Å². The Morgan fingerprint density at radius 2 is 2.10 bits per heavy atom. The zero-order chi connectivity index (χ0) is 20.4. The first kappa shape index (κ1) is 18.6. The number of benzene rings is 1. The van der Waals surface area contributed by atoms with Gasteiger partial charge >= 0.3 is 6.03 Å². The number of amides is 2. The van der Waals surface area contributed by atoms with Crippen LogP contribution < -0.4 is 19.7 Å². The molecule has 29 heavy (non-hydrogen) atoms. The lowest BCUT2D eigenvalue weighted by Gasteiger charge is -2.30. The predicted molar refractivity (Wildman–Crippen MR) is 103 cm³/mol. The van der Waals surface area contributed by atoms with Crippen LogP contribution in [0.15, 0.2) is 42.9 Å². The highest BCUT2D eigenvalue weighted by atomic mass is 19.1. The van der Waals surface area contributed by atoms with Crippen LogP contribution in [0.4, 0.5) is 20.7 Å². The Labute approximate surface area is 166 Å². The third kappa shape index (κ3) is 3.66. The van der Waals surface area contributed by atoms with E-state index in [1.165, 1.54) is 31.8 Å². The van der Waals surface area contributed by atoms with Crippen LogP contribution in [0.25, 0.3) is 0 Å². The van der Waals surface area contributed by atoms with Gasteiger partial charge < -0.3 is 9.47 Å². The van der Waals surface area contributed by atoms with Crippen LogP contribution in [-0.4, -0.2) is 28.1 Å². The van der Waals surface area contributed by atoms with Crippen molar-refractivity contribution in [3.8, 4) is 11.6 Å². The third-order valence-electron chi connectivity index (χ3n) is 4.57. The van der Waals surface area contributed by atoms with Gasteiger partial charge in [0.15, 0.2) is 0 Å². The van der Waals surface area contributed by atoms with E-state index in [1.807, 2.05) is 13.0 Å². The summed E-state index contributed by atoms with van der Waals surface area (Å²) < 4.78 is 24.7. The first-order valence-electron chi connectivity index (χ1n) is 8.86. The van der Waals surface area contributed by atoms with Gasteiger partial charge in [0.1, 0.15) is 36.0 Å². The molecule has 1 N–H and O–H groups in total. The average Bonchev–Trinajstić information content (AvgIpc) is 2.73. The van der Waals surface area contributed by atoms with Gasteiger partial charge in [-0.25, -0.2) is 19.2 Å². The molecule has 0 bridgehead atoms. The Morgan fingerprint density at radius 1 is 1.24 bits per heavy atom. The molecule has 8 nitrogen and oxygen atoms in total. The van der Waals surface area contributed by atoms with Gasteiger partial charge in [0.05, 0.1) is 24.9 Å². The number of anilines is 2. The van der Waals surface area contributed by atoms with E-state index < -0.39 is 5.82 Å². The van der Waals surface area contributed by atoms with Gasteiger partial charge in [0, 0.05) is 12.3 Å². The van der Waals surface area contributed by atoms with Crippen LogP contribution in [0, 0.1) is 12.7 Å². The lowest BCUT2D eigenvalue weighted by atomic mass is 10.1. The molecule has 3 heterocycles.